The molecule has 0 bridgehead atoms. The lowest BCUT2D eigenvalue weighted by Gasteiger charge is -2.31. The number of methoxy groups -OCH3 is 1. The quantitative estimate of drug-likeness (QED) is 0.457. The largest absolute Gasteiger partial charge is 0.495 e. The molecule has 0 unspecified atom stereocenters. The zero-order valence-corrected chi connectivity index (χ0v) is 20.9. The molecule has 4 rings (SSSR count). The molecule has 3 aromatic rings. The van der Waals surface area contributed by atoms with E-state index in [1.807, 2.05) is 0 Å². The van der Waals surface area contributed by atoms with E-state index >= 15 is 0 Å². The average Bonchev–Trinajstić information content (AvgIpc) is 2.88. The zero-order valence-electron chi connectivity index (χ0n) is 19.4. The molecule has 2 heterocycles. The van der Waals surface area contributed by atoms with Crippen molar-refractivity contribution in [2.45, 2.75) is 11.8 Å². The van der Waals surface area contributed by atoms with Crippen LogP contribution in [0.3, 0.4) is 0 Å². The lowest BCUT2D eigenvalue weighted by Crippen LogP contribution is -2.38. The number of nitrogens with one attached hydrogen (secondary N) is 1. The number of anilines is 2. The highest BCUT2D eigenvalue weighted by atomic mass is 35.5. The van der Waals surface area contributed by atoms with E-state index in [0.29, 0.717) is 5.75 Å². The van der Waals surface area contributed by atoms with Gasteiger partial charge in [-0.05, 0) is 55.5 Å². The summed E-state index contributed by atoms with van der Waals surface area (Å²) in [5, 5.41) is 2.86. The Labute approximate surface area is 212 Å². The highest BCUT2D eigenvalue weighted by Gasteiger charge is 2.33. The van der Waals surface area contributed by atoms with E-state index in [9.17, 15) is 18.0 Å². The maximum Gasteiger partial charge on any atom is 0.339 e. The van der Waals surface area contributed by atoms with Crippen molar-refractivity contribution in [2.24, 2.45) is 0 Å². The van der Waals surface area contributed by atoms with Crippen LogP contribution >= 0.6 is 11.6 Å². The van der Waals surface area contributed by atoms with Crippen molar-refractivity contribution in [1.29, 1.82) is 0 Å². The Balaban J connectivity index is 1.62. The van der Waals surface area contributed by atoms with Crippen LogP contribution in [0.1, 0.15) is 27.6 Å². The van der Waals surface area contributed by atoms with Gasteiger partial charge in [-0.15, -0.1) is 0 Å². The van der Waals surface area contributed by atoms with Gasteiger partial charge in [-0.25, -0.2) is 18.2 Å². The first-order chi connectivity index (χ1) is 17.2. The highest BCUT2D eigenvalue weighted by molar-refractivity contribution is 7.93. The molecular formula is C24H22ClN3O7S. The zero-order chi connectivity index (χ0) is 25.9. The topological polar surface area (TPSA) is 124 Å². The van der Waals surface area contributed by atoms with Crippen LogP contribution in [0, 0.1) is 0 Å². The summed E-state index contributed by atoms with van der Waals surface area (Å²) in [6.07, 6.45) is 1.29. The monoisotopic (exact) mass is 531 g/mol. The molecule has 2 aromatic carbocycles. The van der Waals surface area contributed by atoms with Gasteiger partial charge in [-0.2, -0.15) is 0 Å². The normalized spacial score (nSPS) is 12.8. The summed E-state index contributed by atoms with van der Waals surface area (Å²) in [6.45, 7) is 2.07. The van der Waals surface area contributed by atoms with Crippen LogP contribution in [-0.4, -0.2) is 52.1 Å². The Kier molecular flexibility index (Phi) is 7.32. The molecule has 1 aliphatic heterocycles. The number of rotatable bonds is 7. The standard InChI is InChI=1S/C24H22ClN3O7S/c1-3-34-24(30)16-5-9-22(26-14-16)27-23(29)15-4-7-19-18(12-15)28(10-11-35-19)36(31,32)21-13-17(25)6-8-20(21)33-2/h4-9,12-14H,3,10-11H2,1-2H3,(H,26,27,29). The predicted molar refractivity (Wildman–Crippen MR) is 133 cm³/mol. The van der Waals surface area contributed by atoms with Gasteiger partial charge in [0.15, 0.2) is 0 Å². The van der Waals surface area contributed by atoms with Crippen LogP contribution in [0.15, 0.2) is 59.6 Å². The molecule has 188 valence electrons. The summed E-state index contributed by atoms with van der Waals surface area (Å²) in [4.78, 5) is 28.6. The number of sulfonamides is 1. The summed E-state index contributed by atoms with van der Waals surface area (Å²) in [5.41, 5.74) is 0.619. The van der Waals surface area contributed by atoms with Gasteiger partial charge in [0.2, 0.25) is 0 Å². The predicted octanol–water partition coefficient (Wildman–Crippen LogP) is 3.76. The van der Waals surface area contributed by atoms with Crippen LogP contribution < -0.4 is 19.1 Å². The number of pyridine rings is 1. The molecule has 0 spiro atoms. The highest BCUT2D eigenvalue weighted by Crippen LogP contribution is 2.38. The van der Waals surface area contributed by atoms with Crippen LogP contribution in [-0.2, 0) is 14.8 Å². The molecule has 0 fully saturated rings. The summed E-state index contributed by atoms with van der Waals surface area (Å²) >= 11 is 6.06. The first kappa shape index (κ1) is 25.3. The molecule has 36 heavy (non-hydrogen) atoms. The number of benzene rings is 2. The van der Waals surface area contributed by atoms with Gasteiger partial charge < -0.3 is 19.5 Å². The van der Waals surface area contributed by atoms with E-state index in [1.165, 1.54) is 61.8 Å². The number of fused-ring (bicyclic) bond motifs is 1. The van der Waals surface area contributed by atoms with Crippen molar-refractivity contribution in [1.82, 2.24) is 4.98 Å². The van der Waals surface area contributed by atoms with E-state index in [4.69, 9.17) is 25.8 Å². The van der Waals surface area contributed by atoms with Gasteiger partial charge in [-0.3, -0.25) is 9.10 Å². The molecule has 0 radical (unpaired) electrons. The van der Waals surface area contributed by atoms with E-state index < -0.39 is 21.9 Å². The molecule has 1 aromatic heterocycles. The van der Waals surface area contributed by atoms with Gasteiger partial charge in [0.25, 0.3) is 15.9 Å². The molecule has 0 saturated carbocycles. The van der Waals surface area contributed by atoms with Crippen molar-refractivity contribution >= 4 is 45.0 Å². The number of halogens is 1. The number of hydrogen-bond donors (Lipinski definition) is 1. The molecule has 12 heteroatoms. The van der Waals surface area contributed by atoms with Crippen LogP contribution in [0.2, 0.25) is 5.02 Å². The summed E-state index contributed by atoms with van der Waals surface area (Å²) < 4.78 is 44.1. The Morgan fingerprint density at radius 2 is 1.92 bits per heavy atom. The van der Waals surface area contributed by atoms with E-state index in [-0.39, 0.29) is 58.1 Å². The molecule has 10 nitrogen and oxygen atoms in total. The average molecular weight is 532 g/mol. The number of esters is 1. The molecule has 0 atom stereocenters. The van der Waals surface area contributed by atoms with Gasteiger partial charge in [0.1, 0.15) is 28.8 Å². The first-order valence-corrected chi connectivity index (χ1v) is 12.6. The molecule has 0 aliphatic carbocycles. The van der Waals surface area contributed by atoms with Gasteiger partial charge in [0.05, 0.1) is 31.5 Å². The second-order valence-corrected chi connectivity index (χ2v) is 9.78. The van der Waals surface area contributed by atoms with Crippen molar-refractivity contribution in [3.8, 4) is 11.5 Å². The summed E-state index contributed by atoms with van der Waals surface area (Å²) in [6, 6.07) is 11.7. The van der Waals surface area contributed by atoms with Crippen molar-refractivity contribution in [2.75, 3.05) is 36.5 Å². The maximum absolute atomic E-state index is 13.6. The van der Waals surface area contributed by atoms with Crippen LogP contribution in [0.25, 0.3) is 0 Å². The second-order valence-electron chi connectivity index (χ2n) is 7.51. The number of nitrogens with zero attached hydrogens (tertiary/aromatic N) is 2. The van der Waals surface area contributed by atoms with E-state index in [2.05, 4.69) is 10.3 Å². The van der Waals surface area contributed by atoms with E-state index in [0.717, 1.165) is 4.31 Å². The summed E-state index contributed by atoms with van der Waals surface area (Å²) in [5.74, 6) is -0.402. The molecule has 1 aliphatic rings. The number of ether oxygens (including phenoxy) is 3. The number of amides is 1. The number of hydrogen-bond acceptors (Lipinski definition) is 8. The Bertz CT molecular complexity index is 1410. The number of carbonyl (C=O) groups is 2. The van der Waals surface area contributed by atoms with Crippen molar-refractivity contribution in [3.05, 3.63) is 70.9 Å². The third-order valence-corrected chi connectivity index (χ3v) is 7.32. The third-order valence-electron chi connectivity index (χ3n) is 5.25. The first-order valence-electron chi connectivity index (χ1n) is 10.8. The lowest BCUT2D eigenvalue weighted by atomic mass is 10.1. The third kappa shape index (κ3) is 5.07. The SMILES string of the molecule is CCOC(=O)c1ccc(NC(=O)c2ccc3c(c2)N(S(=O)(=O)c2cc(Cl)ccc2OC)CCO3)nc1. The fraction of sp³-hybridized carbons (Fsp3) is 0.208. The van der Waals surface area contributed by atoms with Crippen molar-refractivity contribution in [3.63, 3.8) is 0 Å². The minimum absolute atomic E-state index is 0.0208. The maximum atomic E-state index is 13.6. The van der Waals surface area contributed by atoms with Crippen LogP contribution in [0.5, 0.6) is 11.5 Å². The van der Waals surface area contributed by atoms with Crippen LogP contribution in [0.4, 0.5) is 11.5 Å². The Morgan fingerprint density at radius 3 is 2.61 bits per heavy atom. The molecule has 0 saturated heterocycles. The smallest absolute Gasteiger partial charge is 0.339 e. The second kappa shape index (κ2) is 10.4. The molecule has 1 amide bonds. The fourth-order valence-electron chi connectivity index (χ4n) is 3.55. The lowest BCUT2D eigenvalue weighted by molar-refractivity contribution is 0.0526. The Morgan fingerprint density at radius 1 is 1.14 bits per heavy atom. The minimum Gasteiger partial charge on any atom is -0.495 e. The van der Waals surface area contributed by atoms with Gasteiger partial charge >= 0.3 is 5.97 Å². The Hall–Kier alpha value is -3.83. The van der Waals surface area contributed by atoms with Gasteiger partial charge in [-0.1, -0.05) is 11.6 Å². The molecular weight excluding hydrogens is 510 g/mol. The number of carbonyl (C=O) groups excluding carboxylic acids is 2. The van der Waals surface area contributed by atoms with Crippen molar-refractivity contribution < 1.29 is 32.2 Å². The molecule has 1 N–H and O–H groups in total. The fourth-order valence-corrected chi connectivity index (χ4v) is 5.42. The summed E-state index contributed by atoms with van der Waals surface area (Å²) in [7, 11) is -2.74. The van der Waals surface area contributed by atoms with E-state index in [1.54, 1.807) is 6.92 Å². The minimum atomic E-state index is -4.10. The number of aromatic nitrogens is 1. The van der Waals surface area contributed by atoms with Gasteiger partial charge in [0, 0.05) is 16.8 Å².